The first kappa shape index (κ1) is 13.1. The summed E-state index contributed by atoms with van der Waals surface area (Å²) in [5, 5.41) is 14.6. The Kier molecular flexibility index (Phi) is 3.50. The highest BCUT2D eigenvalue weighted by Crippen LogP contribution is 2.30. The number of carbonyl (C=O) groups is 1. The molecule has 2 rings (SSSR count). The molecule has 0 saturated carbocycles. The van der Waals surface area contributed by atoms with Crippen LogP contribution in [0, 0.1) is 17.0 Å². The zero-order valence-electron chi connectivity index (χ0n) is 10.8. The molecule has 1 aromatic carbocycles. The first-order valence-corrected chi connectivity index (χ1v) is 5.99. The Bertz CT molecular complexity index is 646. The van der Waals surface area contributed by atoms with Crippen LogP contribution in [0.25, 0.3) is 10.9 Å². The van der Waals surface area contributed by atoms with Gasteiger partial charge in [-0.25, -0.2) is 0 Å². The molecule has 1 amide bonds. The number of amides is 1. The number of rotatable bonds is 4. The van der Waals surface area contributed by atoms with Gasteiger partial charge < -0.3 is 10.3 Å². The molecule has 2 aromatic rings. The third-order valence-corrected chi connectivity index (χ3v) is 3.07. The second kappa shape index (κ2) is 5.09. The van der Waals surface area contributed by atoms with E-state index < -0.39 is 4.92 Å². The van der Waals surface area contributed by atoms with Crippen LogP contribution in [0.15, 0.2) is 18.3 Å². The first-order chi connectivity index (χ1) is 9.00. The van der Waals surface area contributed by atoms with E-state index in [0.29, 0.717) is 18.5 Å². The van der Waals surface area contributed by atoms with Crippen molar-refractivity contribution in [1.29, 1.82) is 0 Å². The molecule has 6 heteroatoms. The Hall–Kier alpha value is -2.37. The van der Waals surface area contributed by atoms with Gasteiger partial charge >= 0.3 is 0 Å². The average Bonchev–Trinajstić information content (AvgIpc) is 2.73. The largest absolute Gasteiger partial charge is 0.356 e. The number of carbonyl (C=O) groups excluding carboxylic acids is 1. The monoisotopic (exact) mass is 261 g/mol. The topological polar surface area (TPSA) is 88.0 Å². The fraction of sp³-hybridized carbons (Fsp3) is 0.308. The lowest BCUT2D eigenvalue weighted by molar-refractivity contribution is -0.383. The van der Waals surface area contributed by atoms with Crippen LogP contribution in [0.4, 0.5) is 5.69 Å². The summed E-state index contributed by atoms with van der Waals surface area (Å²) in [7, 11) is 0. The number of aryl methyl sites for hydroxylation is 1. The Morgan fingerprint density at radius 2 is 2.21 bits per heavy atom. The number of fused-ring (bicyclic) bond motifs is 1. The van der Waals surface area contributed by atoms with Gasteiger partial charge in [0, 0.05) is 31.1 Å². The number of nitrogens with zero attached hydrogens (tertiary/aromatic N) is 1. The molecule has 0 unspecified atom stereocenters. The zero-order valence-corrected chi connectivity index (χ0v) is 10.8. The summed E-state index contributed by atoms with van der Waals surface area (Å²) >= 11 is 0. The summed E-state index contributed by atoms with van der Waals surface area (Å²) in [6.07, 6.45) is 2.41. The van der Waals surface area contributed by atoms with Crippen molar-refractivity contribution < 1.29 is 9.72 Å². The van der Waals surface area contributed by atoms with Crippen LogP contribution in [0.2, 0.25) is 0 Å². The van der Waals surface area contributed by atoms with E-state index in [1.54, 1.807) is 12.3 Å². The molecule has 0 spiro atoms. The van der Waals surface area contributed by atoms with Gasteiger partial charge in [-0.15, -0.1) is 0 Å². The van der Waals surface area contributed by atoms with Crippen LogP contribution in [-0.2, 0) is 11.2 Å². The molecule has 2 N–H and O–H groups in total. The Balaban J connectivity index is 2.38. The molecule has 0 fully saturated rings. The van der Waals surface area contributed by atoms with Gasteiger partial charge in [-0.05, 0) is 24.5 Å². The highest BCUT2D eigenvalue weighted by atomic mass is 16.6. The molecule has 0 bridgehead atoms. The molecule has 1 heterocycles. The van der Waals surface area contributed by atoms with E-state index in [0.717, 1.165) is 16.5 Å². The van der Waals surface area contributed by atoms with Gasteiger partial charge in [-0.2, -0.15) is 0 Å². The van der Waals surface area contributed by atoms with Crippen molar-refractivity contribution in [2.24, 2.45) is 0 Å². The number of aromatic nitrogens is 1. The Labute approximate surface area is 110 Å². The Morgan fingerprint density at radius 1 is 1.47 bits per heavy atom. The van der Waals surface area contributed by atoms with Crippen LogP contribution in [0.1, 0.15) is 18.1 Å². The fourth-order valence-corrected chi connectivity index (χ4v) is 2.21. The maximum atomic E-state index is 11.0. The molecule has 1 aromatic heterocycles. The second-order valence-corrected chi connectivity index (χ2v) is 4.46. The predicted octanol–water partition coefficient (Wildman–Crippen LogP) is 2.06. The number of hydrogen-bond donors (Lipinski definition) is 2. The van der Waals surface area contributed by atoms with E-state index in [-0.39, 0.29) is 11.6 Å². The Morgan fingerprint density at radius 3 is 2.84 bits per heavy atom. The maximum absolute atomic E-state index is 11.0. The third-order valence-electron chi connectivity index (χ3n) is 3.07. The van der Waals surface area contributed by atoms with E-state index >= 15 is 0 Å². The first-order valence-electron chi connectivity index (χ1n) is 5.99. The summed E-state index contributed by atoms with van der Waals surface area (Å²) in [4.78, 5) is 24.4. The maximum Gasteiger partial charge on any atom is 0.293 e. The van der Waals surface area contributed by atoms with Crippen molar-refractivity contribution in [2.75, 3.05) is 6.54 Å². The molecule has 0 saturated heterocycles. The van der Waals surface area contributed by atoms with E-state index in [1.807, 2.05) is 6.92 Å². The number of hydrogen-bond acceptors (Lipinski definition) is 3. The number of benzene rings is 1. The molecule has 0 radical (unpaired) electrons. The number of nitrogens with one attached hydrogen (secondary N) is 2. The van der Waals surface area contributed by atoms with Crippen LogP contribution in [-0.4, -0.2) is 22.4 Å². The third kappa shape index (κ3) is 2.57. The minimum atomic E-state index is -0.393. The number of H-pyrrole nitrogens is 1. The molecule has 0 aliphatic heterocycles. The molecule has 6 nitrogen and oxygen atoms in total. The van der Waals surface area contributed by atoms with Gasteiger partial charge in [-0.1, -0.05) is 6.07 Å². The van der Waals surface area contributed by atoms with Crippen molar-refractivity contribution in [2.45, 2.75) is 20.3 Å². The van der Waals surface area contributed by atoms with Crippen LogP contribution >= 0.6 is 0 Å². The van der Waals surface area contributed by atoms with E-state index in [1.165, 1.54) is 13.0 Å². The van der Waals surface area contributed by atoms with E-state index in [2.05, 4.69) is 10.3 Å². The van der Waals surface area contributed by atoms with E-state index in [9.17, 15) is 14.9 Å². The van der Waals surface area contributed by atoms with Crippen molar-refractivity contribution in [1.82, 2.24) is 10.3 Å². The molecule has 19 heavy (non-hydrogen) atoms. The molecular weight excluding hydrogens is 246 g/mol. The highest BCUT2D eigenvalue weighted by molar-refractivity contribution is 5.93. The number of nitro groups is 1. The lowest BCUT2D eigenvalue weighted by Crippen LogP contribution is -2.22. The van der Waals surface area contributed by atoms with Crippen LogP contribution in [0.3, 0.4) is 0 Å². The summed E-state index contributed by atoms with van der Waals surface area (Å²) in [5.41, 5.74) is 2.58. The molecule has 100 valence electrons. The van der Waals surface area contributed by atoms with Gasteiger partial charge in [0.2, 0.25) is 5.91 Å². The van der Waals surface area contributed by atoms with Crippen molar-refractivity contribution in [3.63, 3.8) is 0 Å². The van der Waals surface area contributed by atoms with Crippen LogP contribution < -0.4 is 5.32 Å². The normalized spacial score (nSPS) is 10.6. The SMILES string of the molecule is CC(=O)NCCc1c[nH]c2c([N+](=O)[O-])ccc(C)c12. The van der Waals surface area contributed by atoms with E-state index in [4.69, 9.17) is 0 Å². The summed E-state index contributed by atoms with van der Waals surface area (Å²) in [6, 6.07) is 3.25. The quantitative estimate of drug-likeness (QED) is 0.652. The molecule has 0 aliphatic rings. The van der Waals surface area contributed by atoms with Gasteiger partial charge in [0.15, 0.2) is 0 Å². The lowest BCUT2D eigenvalue weighted by Gasteiger charge is -2.03. The summed E-state index contributed by atoms with van der Waals surface area (Å²) < 4.78 is 0. The molecule has 0 aliphatic carbocycles. The average molecular weight is 261 g/mol. The zero-order chi connectivity index (χ0) is 14.0. The van der Waals surface area contributed by atoms with Gasteiger partial charge in [-0.3, -0.25) is 14.9 Å². The molecule has 0 atom stereocenters. The van der Waals surface area contributed by atoms with Gasteiger partial charge in [0.05, 0.1) is 4.92 Å². The molecular formula is C13H15N3O3. The van der Waals surface area contributed by atoms with Crippen molar-refractivity contribution in [3.8, 4) is 0 Å². The number of non-ortho nitro benzene ring substituents is 1. The predicted molar refractivity (Wildman–Crippen MR) is 72.1 cm³/mol. The summed E-state index contributed by atoms with van der Waals surface area (Å²) in [5.74, 6) is -0.0810. The minimum absolute atomic E-state index is 0.0753. The highest BCUT2D eigenvalue weighted by Gasteiger charge is 2.16. The van der Waals surface area contributed by atoms with Crippen molar-refractivity contribution >= 4 is 22.5 Å². The smallest absolute Gasteiger partial charge is 0.293 e. The van der Waals surface area contributed by atoms with Gasteiger partial charge in [0.1, 0.15) is 5.52 Å². The number of nitro benzene ring substituents is 1. The second-order valence-electron chi connectivity index (χ2n) is 4.46. The standard InChI is InChI=1S/C13H15N3O3/c1-8-3-4-11(16(18)19)13-12(8)10(7-15-13)5-6-14-9(2)17/h3-4,7,15H,5-6H2,1-2H3,(H,14,17). The van der Waals surface area contributed by atoms with Crippen molar-refractivity contribution in [3.05, 3.63) is 39.6 Å². The van der Waals surface area contributed by atoms with Gasteiger partial charge in [0.25, 0.3) is 5.69 Å². The number of aromatic amines is 1. The summed E-state index contributed by atoms with van der Waals surface area (Å²) in [6.45, 7) is 3.90. The minimum Gasteiger partial charge on any atom is -0.356 e. The lowest BCUT2D eigenvalue weighted by atomic mass is 10.0. The van der Waals surface area contributed by atoms with Crippen LogP contribution in [0.5, 0.6) is 0 Å². The fourth-order valence-electron chi connectivity index (χ4n) is 2.21.